The molecule has 4 nitrogen and oxygen atoms in total. The van der Waals surface area contributed by atoms with Crippen LogP contribution in [-0.4, -0.2) is 45.3 Å². The van der Waals surface area contributed by atoms with Crippen LogP contribution in [0.25, 0.3) is 0 Å². The summed E-state index contributed by atoms with van der Waals surface area (Å²) in [4.78, 5) is 2.45. The van der Waals surface area contributed by atoms with Gasteiger partial charge in [-0.25, -0.2) is 0 Å². The number of benzene rings is 1. The molecule has 0 saturated carbocycles. The molecule has 2 rings (SSSR count). The first-order chi connectivity index (χ1) is 9.35. The Morgan fingerprint density at radius 3 is 2.74 bits per heavy atom. The molecule has 0 aromatic heterocycles. The Morgan fingerprint density at radius 2 is 2.05 bits per heavy atom. The predicted molar refractivity (Wildman–Crippen MR) is 76.9 cm³/mol. The third kappa shape index (κ3) is 3.85. The Hall–Kier alpha value is -1.26. The normalized spacial score (nSPS) is 15.7. The zero-order valence-electron chi connectivity index (χ0n) is 11.9. The first-order valence-corrected chi connectivity index (χ1v) is 7.00. The summed E-state index contributed by atoms with van der Waals surface area (Å²) in [5, 5.41) is 3.16. The number of ether oxygens (including phenoxy) is 2. The summed E-state index contributed by atoms with van der Waals surface area (Å²) in [5.74, 6) is 1.69. The Labute approximate surface area is 115 Å². The second kappa shape index (κ2) is 7.36. The molecule has 1 heterocycles. The second-order valence-corrected chi connectivity index (χ2v) is 4.88. The summed E-state index contributed by atoms with van der Waals surface area (Å²) in [6, 6.07) is 6.02. The van der Waals surface area contributed by atoms with Gasteiger partial charge in [0.1, 0.15) is 6.61 Å². The van der Waals surface area contributed by atoms with Gasteiger partial charge in [0.15, 0.2) is 11.5 Å². The summed E-state index contributed by atoms with van der Waals surface area (Å²) in [6.07, 6.45) is 2.64. The third-order valence-electron chi connectivity index (χ3n) is 3.50. The molecule has 1 saturated heterocycles. The molecule has 0 unspecified atom stereocenters. The quantitative estimate of drug-likeness (QED) is 0.815. The smallest absolute Gasteiger partial charge is 0.165 e. The maximum absolute atomic E-state index is 5.97. The lowest BCUT2D eigenvalue weighted by Crippen LogP contribution is -2.25. The van der Waals surface area contributed by atoms with Crippen molar-refractivity contribution in [3.8, 4) is 11.5 Å². The average molecular weight is 264 g/mol. The zero-order chi connectivity index (χ0) is 13.5. The van der Waals surface area contributed by atoms with Crippen molar-refractivity contribution in [1.82, 2.24) is 10.2 Å². The molecule has 1 N–H and O–H groups in total. The lowest BCUT2D eigenvalue weighted by Gasteiger charge is -2.18. The van der Waals surface area contributed by atoms with Crippen molar-refractivity contribution in [2.24, 2.45) is 0 Å². The van der Waals surface area contributed by atoms with Gasteiger partial charge in [-0.2, -0.15) is 0 Å². The van der Waals surface area contributed by atoms with Gasteiger partial charge in [-0.3, -0.25) is 4.90 Å². The van der Waals surface area contributed by atoms with E-state index >= 15 is 0 Å². The van der Waals surface area contributed by atoms with Gasteiger partial charge in [-0.15, -0.1) is 0 Å². The van der Waals surface area contributed by atoms with Crippen molar-refractivity contribution >= 4 is 0 Å². The molecule has 0 atom stereocenters. The van der Waals surface area contributed by atoms with E-state index in [1.807, 2.05) is 19.2 Å². The summed E-state index contributed by atoms with van der Waals surface area (Å²) in [5.41, 5.74) is 1.14. The second-order valence-electron chi connectivity index (χ2n) is 4.88. The maximum Gasteiger partial charge on any atom is 0.165 e. The SMILES string of the molecule is CNCc1cccc(OC)c1OCCN1CCCC1. The highest BCUT2D eigenvalue weighted by Gasteiger charge is 2.13. The molecule has 0 aliphatic carbocycles. The zero-order valence-corrected chi connectivity index (χ0v) is 11.9. The minimum Gasteiger partial charge on any atom is -0.493 e. The fourth-order valence-corrected chi connectivity index (χ4v) is 2.50. The van der Waals surface area contributed by atoms with Crippen molar-refractivity contribution < 1.29 is 9.47 Å². The standard InChI is InChI=1S/C15H24N2O2/c1-16-12-13-6-5-7-14(18-2)15(13)19-11-10-17-8-3-4-9-17/h5-7,16H,3-4,8-12H2,1-2H3. The molecule has 1 aromatic rings. The number of hydrogen-bond donors (Lipinski definition) is 1. The largest absolute Gasteiger partial charge is 0.493 e. The lowest BCUT2D eigenvalue weighted by molar-refractivity contribution is 0.228. The first-order valence-electron chi connectivity index (χ1n) is 7.00. The third-order valence-corrected chi connectivity index (χ3v) is 3.50. The van der Waals surface area contributed by atoms with Gasteiger partial charge in [0.25, 0.3) is 0 Å². The number of para-hydroxylation sites is 1. The number of nitrogens with one attached hydrogen (secondary N) is 1. The van der Waals surface area contributed by atoms with Crippen LogP contribution in [0.15, 0.2) is 18.2 Å². The van der Waals surface area contributed by atoms with Crippen molar-refractivity contribution in [3.63, 3.8) is 0 Å². The molecular formula is C15H24N2O2. The van der Waals surface area contributed by atoms with Gasteiger partial charge in [0.05, 0.1) is 7.11 Å². The van der Waals surface area contributed by atoms with Crippen LogP contribution in [-0.2, 0) is 6.54 Å². The van der Waals surface area contributed by atoms with Crippen molar-refractivity contribution in [1.29, 1.82) is 0 Å². The van der Waals surface area contributed by atoms with Gasteiger partial charge >= 0.3 is 0 Å². The summed E-state index contributed by atoms with van der Waals surface area (Å²) < 4.78 is 11.4. The summed E-state index contributed by atoms with van der Waals surface area (Å²) in [7, 11) is 3.62. The van der Waals surface area contributed by atoms with Crippen LogP contribution in [0.2, 0.25) is 0 Å². The maximum atomic E-state index is 5.97. The average Bonchev–Trinajstić information content (AvgIpc) is 2.93. The van der Waals surface area contributed by atoms with Crippen molar-refractivity contribution in [3.05, 3.63) is 23.8 Å². The van der Waals surface area contributed by atoms with Crippen LogP contribution < -0.4 is 14.8 Å². The van der Waals surface area contributed by atoms with E-state index in [1.54, 1.807) is 7.11 Å². The fourth-order valence-electron chi connectivity index (χ4n) is 2.50. The van der Waals surface area contributed by atoms with Gasteiger partial charge in [0.2, 0.25) is 0 Å². The van der Waals surface area contributed by atoms with E-state index in [-0.39, 0.29) is 0 Å². The van der Waals surface area contributed by atoms with Crippen LogP contribution in [0.5, 0.6) is 11.5 Å². The topological polar surface area (TPSA) is 33.7 Å². The Morgan fingerprint density at radius 1 is 1.26 bits per heavy atom. The molecule has 4 heteroatoms. The molecule has 0 radical (unpaired) electrons. The Kier molecular flexibility index (Phi) is 5.48. The van der Waals surface area contributed by atoms with Crippen LogP contribution in [0, 0.1) is 0 Å². The molecule has 1 aliphatic rings. The van der Waals surface area contributed by atoms with E-state index in [9.17, 15) is 0 Å². The molecule has 1 aromatic carbocycles. The van der Waals surface area contributed by atoms with Crippen LogP contribution in [0.1, 0.15) is 18.4 Å². The van der Waals surface area contributed by atoms with Crippen LogP contribution >= 0.6 is 0 Å². The minimum absolute atomic E-state index is 0.719. The van der Waals surface area contributed by atoms with E-state index in [4.69, 9.17) is 9.47 Å². The first kappa shape index (κ1) is 14.2. The molecule has 106 valence electrons. The predicted octanol–water partition coefficient (Wildman–Crippen LogP) is 1.89. The molecule has 0 amide bonds. The van der Waals surface area contributed by atoms with Crippen molar-refractivity contribution in [2.45, 2.75) is 19.4 Å². The van der Waals surface area contributed by atoms with Crippen LogP contribution in [0.4, 0.5) is 0 Å². The monoisotopic (exact) mass is 264 g/mol. The number of rotatable bonds is 7. The minimum atomic E-state index is 0.719. The van der Waals surface area contributed by atoms with E-state index in [1.165, 1.54) is 25.9 Å². The Balaban J connectivity index is 1.96. The molecule has 1 fully saturated rings. The number of nitrogens with zero attached hydrogens (tertiary/aromatic N) is 1. The van der Waals surface area contributed by atoms with Gasteiger partial charge < -0.3 is 14.8 Å². The highest BCUT2D eigenvalue weighted by Crippen LogP contribution is 2.31. The Bertz CT molecular complexity index is 390. The highest BCUT2D eigenvalue weighted by atomic mass is 16.5. The van der Waals surface area contributed by atoms with Crippen LogP contribution in [0.3, 0.4) is 0 Å². The van der Waals surface area contributed by atoms with E-state index in [0.29, 0.717) is 0 Å². The van der Waals surface area contributed by atoms with Gasteiger partial charge in [0, 0.05) is 18.7 Å². The summed E-state index contributed by atoms with van der Waals surface area (Å²) >= 11 is 0. The molecule has 1 aliphatic heterocycles. The van der Waals surface area contributed by atoms with E-state index in [2.05, 4.69) is 16.3 Å². The molecular weight excluding hydrogens is 240 g/mol. The molecule has 0 spiro atoms. The van der Waals surface area contributed by atoms with E-state index in [0.717, 1.165) is 36.8 Å². The van der Waals surface area contributed by atoms with Gasteiger partial charge in [-0.05, 0) is 39.0 Å². The number of methoxy groups -OCH3 is 1. The highest BCUT2D eigenvalue weighted by molar-refractivity contribution is 5.46. The summed E-state index contributed by atoms with van der Waals surface area (Å²) in [6.45, 7) is 4.92. The lowest BCUT2D eigenvalue weighted by atomic mass is 10.2. The molecule has 0 bridgehead atoms. The van der Waals surface area contributed by atoms with E-state index < -0.39 is 0 Å². The van der Waals surface area contributed by atoms with Crippen molar-refractivity contribution in [2.75, 3.05) is 40.4 Å². The molecule has 19 heavy (non-hydrogen) atoms. The number of hydrogen-bond acceptors (Lipinski definition) is 4. The van der Waals surface area contributed by atoms with Gasteiger partial charge in [-0.1, -0.05) is 12.1 Å². The fraction of sp³-hybridized carbons (Fsp3) is 0.600. The number of likely N-dealkylation sites (tertiary alicyclic amines) is 1.